The molecule has 1 rings (SSSR count). The van der Waals surface area contributed by atoms with Crippen molar-refractivity contribution < 1.29 is 29.2 Å². The van der Waals surface area contributed by atoms with E-state index in [1.807, 2.05) is 0 Å². The molecule has 4 atom stereocenters. The van der Waals surface area contributed by atoms with E-state index in [0.717, 1.165) is 0 Å². The maximum atomic E-state index is 10.7. The van der Waals surface area contributed by atoms with Gasteiger partial charge in [0.15, 0.2) is 12.4 Å². The van der Waals surface area contributed by atoms with Crippen LogP contribution >= 0.6 is 0 Å². The predicted octanol–water partition coefficient (Wildman–Crippen LogP) is -1.36. The quantitative estimate of drug-likeness (QED) is 0.543. The van der Waals surface area contributed by atoms with E-state index >= 15 is 0 Å². The lowest BCUT2D eigenvalue weighted by Crippen LogP contribution is -2.55. The Hall–Kier alpha value is -0.690. The highest BCUT2D eigenvalue weighted by molar-refractivity contribution is 5.66. The molecule has 1 saturated heterocycles. The standard InChI is InChI=1S/C8H14O6/c1-4(9)14-7-6(11)5(10)3-13-8(7)12-2/h5-8,10-11H,3H2,1-2H3. The Kier molecular flexibility index (Phi) is 3.82. The van der Waals surface area contributed by atoms with Gasteiger partial charge in [-0.25, -0.2) is 0 Å². The lowest BCUT2D eigenvalue weighted by atomic mass is 10.1. The zero-order valence-corrected chi connectivity index (χ0v) is 8.04. The van der Waals surface area contributed by atoms with Crippen LogP contribution in [0, 0.1) is 0 Å². The largest absolute Gasteiger partial charge is 0.454 e. The molecule has 1 aliphatic heterocycles. The molecule has 1 aliphatic rings. The van der Waals surface area contributed by atoms with Crippen molar-refractivity contribution in [2.24, 2.45) is 0 Å². The number of carbonyl (C=O) groups excluding carboxylic acids is 1. The summed E-state index contributed by atoms with van der Waals surface area (Å²) in [5, 5.41) is 18.8. The fraction of sp³-hybridized carbons (Fsp3) is 0.875. The van der Waals surface area contributed by atoms with Crippen molar-refractivity contribution in [1.82, 2.24) is 0 Å². The lowest BCUT2D eigenvalue weighted by Gasteiger charge is -2.36. The summed E-state index contributed by atoms with van der Waals surface area (Å²) in [6.45, 7) is 1.16. The van der Waals surface area contributed by atoms with Gasteiger partial charge in [0.05, 0.1) is 6.61 Å². The summed E-state index contributed by atoms with van der Waals surface area (Å²) in [4.78, 5) is 10.7. The predicted molar refractivity (Wildman–Crippen MR) is 44.3 cm³/mol. The van der Waals surface area contributed by atoms with E-state index in [9.17, 15) is 15.0 Å². The van der Waals surface area contributed by atoms with E-state index in [1.165, 1.54) is 14.0 Å². The van der Waals surface area contributed by atoms with Crippen molar-refractivity contribution in [3.05, 3.63) is 0 Å². The highest BCUT2D eigenvalue weighted by Gasteiger charge is 2.41. The highest BCUT2D eigenvalue weighted by atomic mass is 16.7. The molecular weight excluding hydrogens is 192 g/mol. The maximum absolute atomic E-state index is 10.7. The third-order valence-electron chi connectivity index (χ3n) is 1.96. The number of aliphatic hydroxyl groups excluding tert-OH is 2. The van der Waals surface area contributed by atoms with Gasteiger partial charge in [0.1, 0.15) is 12.2 Å². The molecule has 0 aromatic rings. The molecule has 0 aromatic heterocycles. The van der Waals surface area contributed by atoms with Crippen LogP contribution < -0.4 is 0 Å². The molecule has 0 radical (unpaired) electrons. The Morgan fingerprint density at radius 3 is 2.64 bits per heavy atom. The molecule has 82 valence electrons. The van der Waals surface area contributed by atoms with Crippen LogP contribution in [0.3, 0.4) is 0 Å². The van der Waals surface area contributed by atoms with Gasteiger partial charge in [-0.15, -0.1) is 0 Å². The van der Waals surface area contributed by atoms with Crippen LogP contribution in [0.15, 0.2) is 0 Å². The van der Waals surface area contributed by atoms with Gasteiger partial charge in [-0.1, -0.05) is 0 Å². The molecule has 0 saturated carbocycles. The van der Waals surface area contributed by atoms with Gasteiger partial charge in [-0.2, -0.15) is 0 Å². The van der Waals surface area contributed by atoms with Crippen LogP contribution in [0.25, 0.3) is 0 Å². The van der Waals surface area contributed by atoms with E-state index in [0.29, 0.717) is 0 Å². The van der Waals surface area contributed by atoms with Crippen molar-refractivity contribution in [2.75, 3.05) is 13.7 Å². The van der Waals surface area contributed by atoms with Gasteiger partial charge in [-0.05, 0) is 0 Å². The minimum Gasteiger partial charge on any atom is -0.454 e. The second kappa shape index (κ2) is 4.70. The first-order valence-electron chi connectivity index (χ1n) is 4.24. The summed E-state index contributed by atoms with van der Waals surface area (Å²) in [6, 6.07) is 0. The molecule has 0 bridgehead atoms. The third-order valence-corrected chi connectivity index (χ3v) is 1.96. The lowest BCUT2D eigenvalue weighted by molar-refractivity contribution is -0.267. The number of hydrogen-bond donors (Lipinski definition) is 2. The van der Waals surface area contributed by atoms with Crippen LogP contribution in [0.4, 0.5) is 0 Å². The summed E-state index contributed by atoms with van der Waals surface area (Å²) in [6.07, 6.45) is -4.07. The maximum Gasteiger partial charge on any atom is 0.303 e. The van der Waals surface area contributed by atoms with Gasteiger partial charge < -0.3 is 24.4 Å². The number of ether oxygens (including phenoxy) is 3. The van der Waals surface area contributed by atoms with E-state index in [4.69, 9.17) is 14.2 Å². The number of esters is 1. The molecule has 0 spiro atoms. The van der Waals surface area contributed by atoms with E-state index in [1.54, 1.807) is 0 Å². The number of rotatable bonds is 2. The van der Waals surface area contributed by atoms with Crippen molar-refractivity contribution in [3.8, 4) is 0 Å². The van der Waals surface area contributed by atoms with Gasteiger partial charge in [0, 0.05) is 14.0 Å². The summed E-state index contributed by atoms with van der Waals surface area (Å²) < 4.78 is 14.6. The molecule has 6 heteroatoms. The molecule has 2 N–H and O–H groups in total. The minimum atomic E-state index is -1.18. The Morgan fingerprint density at radius 2 is 2.14 bits per heavy atom. The zero-order chi connectivity index (χ0) is 10.7. The molecule has 0 amide bonds. The molecule has 14 heavy (non-hydrogen) atoms. The molecule has 0 aromatic carbocycles. The minimum absolute atomic E-state index is 0.0442. The Morgan fingerprint density at radius 1 is 1.50 bits per heavy atom. The van der Waals surface area contributed by atoms with Crippen LogP contribution in [-0.2, 0) is 19.0 Å². The molecule has 1 heterocycles. The van der Waals surface area contributed by atoms with E-state index in [-0.39, 0.29) is 6.61 Å². The van der Waals surface area contributed by atoms with Crippen LogP contribution in [0.1, 0.15) is 6.92 Å². The van der Waals surface area contributed by atoms with Crippen molar-refractivity contribution in [2.45, 2.75) is 31.5 Å². The van der Waals surface area contributed by atoms with E-state index < -0.39 is 30.6 Å². The Bertz CT molecular complexity index is 204. The fourth-order valence-electron chi connectivity index (χ4n) is 1.29. The summed E-state index contributed by atoms with van der Waals surface area (Å²) in [5.74, 6) is -0.561. The summed E-state index contributed by atoms with van der Waals surface area (Å²) in [5.41, 5.74) is 0. The van der Waals surface area contributed by atoms with Crippen molar-refractivity contribution in [1.29, 1.82) is 0 Å². The van der Waals surface area contributed by atoms with E-state index in [2.05, 4.69) is 0 Å². The number of carbonyl (C=O) groups is 1. The Balaban J connectivity index is 2.66. The Labute approximate surface area is 81.4 Å². The van der Waals surface area contributed by atoms with Gasteiger partial charge in [0.2, 0.25) is 0 Å². The average Bonchev–Trinajstić information content (AvgIpc) is 2.13. The number of hydrogen-bond acceptors (Lipinski definition) is 6. The van der Waals surface area contributed by atoms with Gasteiger partial charge >= 0.3 is 5.97 Å². The monoisotopic (exact) mass is 206 g/mol. The molecule has 6 nitrogen and oxygen atoms in total. The SMILES string of the molecule is COC1OCC(O)C(O)C1OC(C)=O. The smallest absolute Gasteiger partial charge is 0.303 e. The normalized spacial score (nSPS) is 38.0. The molecule has 4 unspecified atom stereocenters. The van der Waals surface area contributed by atoms with Crippen molar-refractivity contribution in [3.63, 3.8) is 0 Å². The number of aliphatic hydroxyl groups is 2. The van der Waals surface area contributed by atoms with Crippen molar-refractivity contribution >= 4 is 5.97 Å². The third kappa shape index (κ3) is 2.42. The summed E-state index contributed by atoms with van der Waals surface area (Å²) in [7, 11) is 1.37. The molecule has 0 aliphatic carbocycles. The second-order valence-electron chi connectivity index (χ2n) is 3.07. The molecular formula is C8H14O6. The van der Waals surface area contributed by atoms with Gasteiger partial charge in [0.25, 0.3) is 0 Å². The summed E-state index contributed by atoms with van der Waals surface area (Å²) >= 11 is 0. The van der Waals surface area contributed by atoms with Crippen LogP contribution in [0.5, 0.6) is 0 Å². The number of methoxy groups -OCH3 is 1. The highest BCUT2D eigenvalue weighted by Crippen LogP contribution is 2.19. The van der Waals surface area contributed by atoms with Gasteiger partial charge in [-0.3, -0.25) is 4.79 Å². The first-order valence-corrected chi connectivity index (χ1v) is 4.24. The molecule has 1 fully saturated rings. The van der Waals surface area contributed by atoms with Crippen LogP contribution in [-0.4, -0.2) is 54.5 Å². The topological polar surface area (TPSA) is 85.2 Å². The first kappa shape index (κ1) is 11.4. The van der Waals surface area contributed by atoms with Crippen LogP contribution in [0.2, 0.25) is 0 Å². The zero-order valence-electron chi connectivity index (χ0n) is 8.04. The first-order chi connectivity index (χ1) is 6.56. The second-order valence-corrected chi connectivity index (χ2v) is 3.07. The fourth-order valence-corrected chi connectivity index (χ4v) is 1.29. The average molecular weight is 206 g/mol.